The van der Waals surface area contributed by atoms with E-state index in [1.807, 2.05) is 0 Å². The maximum absolute atomic E-state index is 14.2. The number of phenolic OH excluding ortho intramolecular Hbond substituents is 1. The van der Waals surface area contributed by atoms with Gasteiger partial charge >= 0.3 is 5.97 Å². The van der Waals surface area contributed by atoms with Gasteiger partial charge in [-0.2, -0.15) is 0 Å². The molecule has 5 heteroatoms. The molecule has 1 fully saturated rings. The summed E-state index contributed by atoms with van der Waals surface area (Å²) in [5.41, 5.74) is -1.09. The SMILES string of the molecule is COc1c(O)ccc(C2(C(=O)O)CCCC2)c1F. The van der Waals surface area contributed by atoms with Crippen LogP contribution in [0.15, 0.2) is 12.1 Å². The number of hydrogen-bond donors (Lipinski definition) is 2. The van der Waals surface area contributed by atoms with Gasteiger partial charge in [-0.3, -0.25) is 4.79 Å². The first-order valence-corrected chi connectivity index (χ1v) is 5.82. The molecule has 0 amide bonds. The minimum atomic E-state index is -1.19. The maximum atomic E-state index is 14.2. The van der Waals surface area contributed by atoms with Crippen molar-refractivity contribution in [3.05, 3.63) is 23.5 Å². The molecular weight excluding hydrogens is 239 g/mol. The number of rotatable bonds is 3. The summed E-state index contributed by atoms with van der Waals surface area (Å²) in [6.45, 7) is 0. The van der Waals surface area contributed by atoms with E-state index in [1.165, 1.54) is 19.2 Å². The number of ether oxygens (including phenoxy) is 1. The van der Waals surface area contributed by atoms with Crippen LogP contribution in [-0.2, 0) is 10.2 Å². The normalized spacial score (nSPS) is 17.7. The molecule has 0 unspecified atom stereocenters. The summed E-state index contributed by atoms with van der Waals surface area (Å²) < 4.78 is 19.0. The quantitative estimate of drug-likeness (QED) is 0.869. The van der Waals surface area contributed by atoms with Crippen LogP contribution in [0.4, 0.5) is 4.39 Å². The Labute approximate surface area is 104 Å². The fourth-order valence-electron chi connectivity index (χ4n) is 2.69. The second-order valence-corrected chi connectivity index (χ2v) is 4.57. The first kappa shape index (κ1) is 12.7. The summed E-state index contributed by atoms with van der Waals surface area (Å²) in [4.78, 5) is 11.5. The standard InChI is InChI=1S/C13H15FO4/c1-18-11-9(15)5-4-8(10(11)14)13(12(16)17)6-2-3-7-13/h4-5,15H,2-3,6-7H2,1H3,(H,16,17). The first-order chi connectivity index (χ1) is 8.53. The summed E-state index contributed by atoms with van der Waals surface area (Å²) in [5, 5.41) is 18.9. The second kappa shape index (κ2) is 4.48. The van der Waals surface area contributed by atoms with Gasteiger partial charge in [0.15, 0.2) is 17.3 Å². The van der Waals surface area contributed by atoms with Crippen molar-refractivity contribution in [2.75, 3.05) is 7.11 Å². The minimum absolute atomic E-state index is 0.0992. The molecule has 18 heavy (non-hydrogen) atoms. The van der Waals surface area contributed by atoms with Crippen LogP contribution in [0.1, 0.15) is 31.2 Å². The molecule has 0 radical (unpaired) electrons. The third-order valence-corrected chi connectivity index (χ3v) is 3.66. The number of aliphatic carboxylic acids is 1. The molecular formula is C13H15FO4. The number of carboxylic acid groups (broad SMARTS) is 1. The zero-order chi connectivity index (χ0) is 13.3. The predicted molar refractivity (Wildman–Crippen MR) is 62.4 cm³/mol. The van der Waals surface area contributed by atoms with Crippen LogP contribution in [0, 0.1) is 5.82 Å². The molecule has 1 aromatic rings. The number of halogens is 1. The fourth-order valence-corrected chi connectivity index (χ4v) is 2.69. The van der Waals surface area contributed by atoms with Crippen LogP contribution in [0.2, 0.25) is 0 Å². The number of carboxylic acids is 1. The lowest BCUT2D eigenvalue weighted by Gasteiger charge is -2.25. The van der Waals surface area contributed by atoms with Gasteiger partial charge in [-0.15, -0.1) is 0 Å². The van der Waals surface area contributed by atoms with E-state index >= 15 is 0 Å². The van der Waals surface area contributed by atoms with Gasteiger partial charge in [0.1, 0.15) is 0 Å². The third kappa shape index (κ3) is 1.70. The molecule has 1 saturated carbocycles. The zero-order valence-corrected chi connectivity index (χ0v) is 10.1. The molecule has 0 aromatic heterocycles. The molecule has 0 saturated heterocycles. The molecule has 0 spiro atoms. The molecule has 98 valence electrons. The van der Waals surface area contributed by atoms with Crippen molar-refractivity contribution in [1.82, 2.24) is 0 Å². The largest absolute Gasteiger partial charge is 0.504 e. The van der Waals surface area contributed by atoms with Crippen LogP contribution in [0.3, 0.4) is 0 Å². The van der Waals surface area contributed by atoms with Crippen LogP contribution in [0.25, 0.3) is 0 Å². The molecule has 2 rings (SSSR count). The van der Waals surface area contributed by atoms with Crippen molar-refractivity contribution < 1.29 is 24.1 Å². The van der Waals surface area contributed by atoms with E-state index in [9.17, 15) is 19.4 Å². The molecule has 2 N–H and O–H groups in total. The Morgan fingerprint density at radius 1 is 1.39 bits per heavy atom. The fraction of sp³-hybridized carbons (Fsp3) is 0.462. The first-order valence-electron chi connectivity index (χ1n) is 5.82. The van der Waals surface area contributed by atoms with E-state index in [0.717, 1.165) is 12.8 Å². The minimum Gasteiger partial charge on any atom is -0.504 e. The average molecular weight is 254 g/mol. The molecule has 1 aromatic carbocycles. The van der Waals surface area contributed by atoms with Crippen molar-refractivity contribution in [2.24, 2.45) is 0 Å². The van der Waals surface area contributed by atoms with E-state index in [-0.39, 0.29) is 17.1 Å². The van der Waals surface area contributed by atoms with Crippen LogP contribution >= 0.6 is 0 Å². The maximum Gasteiger partial charge on any atom is 0.314 e. The number of phenols is 1. The Hall–Kier alpha value is -1.78. The highest BCUT2D eigenvalue weighted by molar-refractivity contribution is 5.82. The van der Waals surface area contributed by atoms with E-state index in [4.69, 9.17) is 4.74 Å². The Balaban J connectivity index is 2.59. The van der Waals surface area contributed by atoms with Gasteiger partial charge in [-0.25, -0.2) is 4.39 Å². The smallest absolute Gasteiger partial charge is 0.314 e. The zero-order valence-electron chi connectivity index (χ0n) is 10.1. The summed E-state index contributed by atoms with van der Waals surface area (Å²) in [5.74, 6) is -2.41. The van der Waals surface area contributed by atoms with E-state index in [1.54, 1.807) is 0 Å². The summed E-state index contributed by atoms with van der Waals surface area (Å²) in [6.07, 6.45) is 2.34. The van der Waals surface area contributed by atoms with Crippen LogP contribution in [-0.4, -0.2) is 23.3 Å². The highest BCUT2D eigenvalue weighted by atomic mass is 19.1. The second-order valence-electron chi connectivity index (χ2n) is 4.57. The number of hydrogen-bond acceptors (Lipinski definition) is 3. The Bertz CT molecular complexity index is 478. The molecule has 0 heterocycles. The van der Waals surface area contributed by atoms with Gasteiger partial charge in [0, 0.05) is 5.56 Å². The van der Waals surface area contributed by atoms with Gasteiger partial charge in [0.2, 0.25) is 0 Å². The lowest BCUT2D eigenvalue weighted by Crippen LogP contribution is -2.33. The van der Waals surface area contributed by atoms with Crippen molar-refractivity contribution >= 4 is 5.97 Å². The van der Waals surface area contributed by atoms with Gasteiger partial charge in [-0.05, 0) is 18.9 Å². The number of benzene rings is 1. The Kier molecular flexibility index (Phi) is 3.15. The van der Waals surface area contributed by atoms with Crippen molar-refractivity contribution in [3.63, 3.8) is 0 Å². The van der Waals surface area contributed by atoms with Gasteiger partial charge in [-0.1, -0.05) is 18.9 Å². The molecule has 1 aliphatic carbocycles. The number of methoxy groups -OCH3 is 1. The highest BCUT2D eigenvalue weighted by Crippen LogP contribution is 2.45. The van der Waals surface area contributed by atoms with Crippen LogP contribution in [0.5, 0.6) is 11.5 Å². The Morgan fingerprint density at radius 3 is 2.50 bits per heavy atom. The monoisotopic (exact) mass is 254 g/mol. The van der Waals surface area contributed by atoms with Crippen molar-refractivity contribution in [2.45, 2.75) is 31.1 Å². The van der Waals surface area contributed by atoms with E-state index in [2.05, 4.69) is 0 Å². The highest BCUT2D eigenvalue weighted by Gasteiger charge is 2.45. The lowest BCUT2D eigenvalue weighted by molar-refractivity contribution is -0.143. The molecule has 0 atom stereocenters. The third-order valence-electron chi connectivity index (χ3n) is 3.66. The molecule has 0 aliphatic heterocycles. The number of carbonyl (C=O) groups is 1. The lowest BCUT2D eigenvalue weighted by atomic mass is 9.78. The van der Waals surface area contributed by atoms with Gasteiger partial charge in [0.25, 0.3) is 0 Å². The van der Waals surface area contributed by atoms with Crippen molar-refractivity contribution in [1.29, 1.82) is 0 Å². The summed E-state index contributed by atoms with van der Waals surface area (Å²) in [7, 11) is 1.24. The topological polar surface area (TPSA) is 66.8 Å². The van der Waals surface area contributed by atoms with E-state index in [0.29, 0.717) is 12.8 Å². The molecule has 1 aliphatic rings. The van der Waals surface area contributed by atoms with Gasteiger partial charge < -0.3 is 14.9 Å². The summed E-state index contributed by atoms with van der Waals surface area (Å²) >= 11 is 0. The van der Waals surface area contributed by atoms with Crippen LogP contribution < -0.4 is 4.74 Å². The predicted octanol–water partition coefficient (Wildman–Crippen LogP) is 2.44. The Morgan fingerprint density at radius 2 is 2.00 bits per heavy atom. The summed E-state index contributed by atoms with van der Waals surface area (Å²) in [6, 6.07) is 2.62. The average Bonchev–Trinajstić information content (AvgIpc) is 2.80. The number of aromatic hydroxyl groups is 1. The molecule has 4 nitrogen and oxygen atoms in total. The van der Waals surface area contributed by atoms with Gasteiger partial charge in [0.05, 0.1) is 12.5 Å². The molecule has 0 bridgehead atoms. The van der Waals surface area contributed by atoms with Crippen molar-refractivity contribution in [3.8, 4) is 11.5 Å². The van der Waals surface area contributed by atoms with E-state index < -0.39 is 17.2 Å².